The van der Waals surface area contributed by atoms with Crippen molar-refractivity contribution in [2.45, 2.75) is 283 Å². The van der Waals surface area contributed by atoms with Crippen LogP contribution in [0.3, 0.4) is 0 Å². The van der Waals surface area contributed by atoms with E-state index in [-0.39, 0.29) is 44.6 Å². The molecule has 0 aliphatic carbocycles. The second-order valence-corrected chi connectivity index (χ2v) is 27.6. The van der Waals surface area contributed by atoms with E-state index in [0.717, 1.165) is 43.0 Å². The van der Waals surface area contributed by atoms with Crippen LogP contribution in [0.2, 0.25) is 0 Å². The molecule has 0 radical (unpaired) electrons. The lowest BCUT2D eigenvalue weighted by Crippen LogP contribution is -2.65. The summed E-state index contributed by atoms with van der Waals surface area (Å²) in [6, 6.07) is -20.0. The maximum atomic E-state index is 14.8. The monoisotopic (exact) mass is 1390 g/mol. The highest BCUT2D eigenvalue weighted by Crippen LogP contribution is 2.23. The van der Waals surface area contributed by atoms with Crippen molar-refractivity contribution < 1.29 is 92.7 Å². The third kappa shape index (κ3) is 26.2. The van der Waals surface area contributed by atoms with Crippen LogP contribution < -0.4 is 64.6 Å². The fraction of sp³-hybridized carbons (Fsp3) is 0.785. The minimum absolute atomic E-state index is 0.00655. The number of nitrogens with one attached hydrogen (secondary N) is 10. The number of hydrogen-bond donors (Lipinski definition) is 17. The Morgan fingerprint density at radius 2 is 1.01 bits per heavy atom. The van der Waals surface area contributed by atoms with Gasteiger partial charge in [-0.25, -0.2) is 0 Å². The Kier molecular flexibility index (Phi) is 36.2. The van der Waals surface area contributed by atoms with Gasteiger partial charge in [-0.15, -0.1) is 0 Å². The van der Waals surface area contributed by atoms with Gasteiger partial charge in [0.15, 0.2) is 6.10 Å². The molecule has 2 aliphatic rings. The normalized spacial score (nSPS) is 27.9. The molecule has 2 aliphatic heterocycles. The molecular weight excluding hydrogens is 1280 g/mol. The minimum Gasteiger partial charge on any atom is -0.391 e. The maximum Gasteiger partial charge on any atom is 0.248 e. The molecule has 19 N–H and O–H groups in total. The Morgan fingerprint density at radius 1 is 0.520 bits per heavy atom. The van der Waals surface area contributed by atoms with E-state index in [0.29, 0.717) is 12.8 Å². The highest BCUT2D eigenvalue weighted by atomic mass is 16.3. The Morgan fingerprint density at radius 3 is 1.52 bits per heavy atom. The van der Waals surface area contributed by atoms with Gasteiger partial charge < -0.3 is 100.0 Å². The Balaban J connectivity index is 2.98. The van der Waals surface area contributed by atoms with E-state index < -0.39 is 229 Å². The van der Waals surface area contributed by atoms with Crippen molar-refractivity contribution in [3.8, 4) is 0 Å². The second kappa shape index (κ2) is 41.1. The molecule has 18 atom stereocenters. The molecule has 2 heterocycles. The van der Waals surface area contributed by atoms with Gasteiger partial charge in [-0.2, -0.15) is 0 Å². The second-order valence-electron chi connectivity index (χ2n) is 27.6. The Hall–Kier alpha value is -7.62. The highest BCUT2D eigenvalue weighted by Gasteiger charge is 2.46. The van der Waals surface area contributed by atoms with E-state index in [1.807, 2.05) is 6.92 Å². The highest BCUT2D eigenvalue weighted by molar-refractivity contribution is 6.01. The third-order valence-electron chi connectivity index (χ3n) is 17.6. The quantitative estimate of drug-likeness (QED) is 0.0461. The molecule has 0 saturated carbocycles. The number of unbranched alkanes of at least 4 members (excludes halogenated alkanes) is 4. The van der Waals surface area contributed by atoms with Gasteiger partial charge in [-0.05, 0) is 82.5 Å². The molecule has 2 rings (SSSR count). The van der Waals surface area contributed by atoms with Gasteiger partial charge in [0, 0.05) is 32.5 Å². The van der Waals surface area contributed by atoms with Crippen molar-refractivity contribution in [2.24, 2.45) is 41.1 Å². The molecule has 33 heteroatoms. The molecule has 0 aromatic heterocycles. The first-order chi connectivity index (χ1) is 45.6. The number of primary amides is 2. The van der Waals surface area contributed by atoms with Crippen molar-refractivity contribution in [3.05, 3.63) is 0 Å². The number of likely N-dealkylation sites (N-methyl/N-ethyl adjacent to an activating group) is 1. The van der Waals surface area contributed by atoms with Crippen molar-refractivity contribution >= 4 is 82.7 Å². The summed E-state index contributed by atoms with van der Waals surface area (Å²) in [4.78, 5) is 199. The molecule has 558 valence electrons. The van der Waals surface area contributed by atoms with Crippen molar-refractivity contribution in [1.82, 2.24) is 63.0 Å². The van der Waals surface area contributed by atoms with E-state index in [4.69, 9.17) is 11.5 Å². The first kappa shape index (κ1) is 86.5. The van der Waals surface area contributed by atoms with E-state index in [1.165, 1.54) is 48.5 Å². The predicted molar refractivity (Wildman–Crippen MR) is 357 cm³/mol. The van der Waals surface area contributed by atoms with Gasteiger partial charge in [0.1, 0.15) is 66.5 Å². The van der Waals surface area contributed by atoms with Gasteiger partial charge in [0.2, 0.25) is 82.7 Å². The van der Waals surface area contributed by atoms with Crippen LogP contribution in [0.5, 0.6) is 0 Å². The summed E-state index contributed by atoms with van der Waals surface area (Å²) in [5, 5.41) is 81.1. The summed E-state index contributed by atoms with van der Waals surface area (Å²) in [6.07, 6.45) is -6.56. The van der Waals surface area contributed by atoms with Crippen LogP contribution in [0.15, 0.2) is 0 Å². The lowest BCUT2D eigenvalue weighted by Gasteiger charge is -2.36. The van der Waals surface area contributed by atoms with Crippen molar-refractivity contribution in [3.63, 3.8) is 0 Å². The lowest BCUT2D eigenvalue weighted by atomic mass is 9.94. The van der Waals surface area contributed by atoms with Crippen LogP contribution in [-0.4, -0.2) is 235 Å². The summed E-state index contributed by atoms with van der Waals surface area (Å²) >= 11 is 0. The van der Waals surface area contributed by atoms with Gasteiger partial charge in [0.25, 0.3) is 0 Å². The zero-order valence-electron chi connectivity index (χ0n) is 59.6. The summed E-state index contributed by atoms with van der Waals surface area (Å²) in [5.74, 6) is -18.6. The SMILES string of the molecule is CCCCCCC[C@@H]1CC(=O)N[C@@H](C(C)C)C(=O)N[C@@H]([C@@H](O)C(C)C)C(=O)NC(C)C(=O)N[C@H](C(O)C(C)C)C(=O)NC(CCC(N)=O)C(=O)N(C)C([C@@H](C)CC)C(=O)N[C@H]([C@@H](O)C(N)=O)C(=O)N[C@@H]([C@@H](C)O)C(=O)N2CCC[C@H]2C(=O)NC(CC(C)C)C(=O)N[C@@H](C(C)O)C(=O)N1. The standard InChI is InChI=1S/C65H114N14O19/c1-16-18-19-20-21-23-38-29-43(83)72-44(31(5)6)58(91)76-47(51(84)32(7)8)60(93)68-35(12)55(88)75-48(52(85)33(9)10)61(94)70-39(25-26-42(66)82)64(97)78(15)50(34(11)17-2)63(96)77-49(53(86)54(67)87)62(95)74-46(37(14)81)65(98)79-27-22-24-41(79)57(90)71-40(28-30(3)4)56(89)73-45(36(13)80)59(92)69-38/h30-41,44-53,80-81,84-86H,16-29H2,1-15H3,(H2,66,82)(H2,67,87)(H,68,93)(H,69,92)(H,70,94)(H,71,90)(H,72,83)(H,73,89)(H,74,95)(H,75,88)(H,76,91)(H,77,96)/t34-,35?,36?,37+,38+,39?,40?,41-,44-,45-,46-,47-,48+,49+,50?,51-,52?,53+/m0/s1. The van der Waals surface area contributed by atoms with Crippen molar-refractivity contribution in [2.75, 3.05) is 13.6 Å². The molecule has 33 nitrogen and oxygen atoms in total. The lowest BCUT2D eigenvalue weighted by molar-refractivity contribution is -0.148. The van der Waals surface area contributed by atoms with Crippen LogP contribution >= 0.6 is 0 Å². The van der Waals surface area contributed by atoms with Crippen LogP contribution in [-0.2, 0) is 67.1 Å². The maximum absolute atomic E-state index is 14.8. The Bertz CT molecular complexity index is 2750. The van der Waals surface area contributed by atoms with Crippen LogP contribution in [0, 0.1) is 29.6 Å². The van der Waals surface area contributed by atoms with E-state index in [1.54, 1.807) is 34.6 Å². The molecular formula is C65H114N14O19. The number of aliphatic hydroxyl groups is 5. The molecule has 0 aromatic rings. The van der Waals surface area contributed by atoms with Crippen LogP contribution in [0.4, 0.5) is 0 Å². The zero-order chi connectivity index (χ0) is 74.9. The number of rotatable bonds is 22. The van der Waals surface area contributed by atoms with Gasteiger partial charge in [-0.1, -0.05) is 115 Å². The average molecular weight is 1400 g/mol. The first-order valence-corrected chi connectivity index (χ1v) is 34.2. The van der Waals surface area contributed by atoms with Gasteiger partial charge >= 0.3 is 0 Å². The van der Waals surface area contributed by atoms with E-state index in [9.17, 15) is 92.7 Å². The molecule has 6 unspecified atom stereocenters. The topological polar surface area (TPSA) is 519 Å². The predicted octanol–water partition coefficient (Wildman–Crippen LogP) is -3.91. The third-order valence-corrected chi connectivity index (χ3v) is 17.6. The summed E-state index contributed by atoms with van der Waals surface area (Å²) in [5.41, 5.74) is 11.0. The fourth-order valence-electron chi connectivity index (χ4n) is 11.4. The van der Waals surface area contributed by atoms with E-state index >= 15 is 0 Å². The van der Waals surface area contributed by atoms with E-state index in [2.05, 4.69) is 53.2 Å². The number of carbonyl (C=O) groups excluding carboxylic acids is 14. The first-order valence-electron chi connectivity index (χ1n) is 34.2. The number of nitrogens with zero attached hydrogens (tertiary/aromatic N) is 2. The number of nitrogens with two attached hydrogens (primary N) is 2. The number of carbonyl (C=O) groups is 14. The number of aliphatic hydroxyl groups excluding tert-OH is 5. The molecule has 98 heavy (non-hydrogen) atoms. The van der Waals surface area contributed by atoms with Crippen molar-refractivity contribution in [1.29, 1.82) is 0 Å². The molecule has 2 fully saturated rings. The molecule has 0 aromatic carbocycles. The molecule has 0 bridgehead atoms. The molecule has 14 amide bonds. The summed E-state index contributed by atoms with van der Waals surface area (Å²) in [7, 11) is 1.11. The van der Waals surface area contributed by atoms with Gasteiger partial charge in [0.05, 0.1) is 24.4 Å². The molecule has 0 spiro atoms. The number of fused-ring (bicyclic) bond motifs is 1. The number of hydrogen-bond acceptors (Lipinski definition) is 19. The largest absolute Gasteiger partial charge is 0.391 e. The summed E-state index contributed by atoms with van der Waals surface area (Å²) in [6.45, 7) is 21.2. The zero-order valence-corrected chi connectivity index (χ0v) is 59.6. The average Bonchev–Trinajstić information content (AvgIpc) is 1.70. The van der Waals surface area contributed by atoms with Crippen LogP contribution in [0.1, 0.15) is 180 Å². The smallest absolute Gasteiger partial charge is 0.248 e. The minimum atomic E-state index is -2.56. The number of amides is 14. The Labute approximate surface area is 574 Å². The van der Waals surface area contributed by atoms with Gasteiger partial charge in [-0.3, -0.25) is 67.1 Å². The summed E-state index contributed by atoms with van der Waals surface area (Å²) < 4.78 is 0. The fourth-order valence-corrected chi connectivity index (χ4v) is 11.4. The molecule has 2 saturated heterocycles. The van der Waals surface area contributed by atoms with Crippen LogP contribution in [0.25, 0.3) is 0 Å².